The van der Waals surface area contributed by atoms with Gasteiger partial charge in [0, 0.05) is 5.69 Å². The molecule has 0 fully saturated rings. The summed E-state index contributed by atoms with van der Waals surface area (Å²) >= 11 is 6.26. The molecule has 1 heterocycles. The molecule has 1 aliphatic heterocycles. The Morgan fingerprint density at radius 2 is 1.79 bits per heavy atom. The predicted molar refractivity (Wildman–Crippen MR) is 109 cm³/mol. The second-order valence-corrected chi connectivity index (χ2v) is 6.77. The average Bonchev–Trinajstić information content (AvgIpc) is 3.05. The number of hydrogen-bond donors (Lipinski definition) is 1. The number of amides is 2. The third-order valence-corrected chi connectivity index (χ3v) is 4.99. The van der Waals surface area contributed by atoms with E-state index in [-0.39, 0.29) is 11.8 Å². The van der Waals surface area contributed by atoms with Crippen LogP contribution >= 0.6 is 11.6 Å². The average molecular weight is 393 g/mol. The van der Waals surface area contributed by atoms with E-state index in [0.29, 0.717) is 39.8 Å². The smallest absolute Gasteiger partial charge is 0.259 e. The number of fused-ring (bicyclic) bond motifs is 1. The van der Waals surface area contributed by atoms with Gasteiger partial charge in [-0.2, -0.15) is 0 Å². The van der Waals surface area contributed by atoms with Crippen molar-refractivity contribution in [1.82, 2.24) is 0 Å². The molecule has 28 heavy (non-hydrogen) atoms. The molecule has 1 N–H and O–H groups in total. The lowest BCUT2D eigenvalue weighted by Gasteiger charge is -2.17. The van der Waals surface area contributed by atoms with Gasteiger partial charge in [-0.1, -0.05) is 35.9 Å². The van der Waals surface area contributed by atoms with Crippen LogP contribution in [0.5, 0.6) is 5.75 Å². The maximum atomic E-state index is 13.1. The fourth-order valence-corrected chi connectivity index (χ4v) is 3.53. The van der Waals surface area contributed by atoms with E-state index in [1.807, 2.05) is 18.2 Å². The number of halogens is 1. The number of nitrogens with zero attached hydrogens (tertiary/aromatic N) is 1. The Balaban J connectivity index is 1.64. The number of carbonyl (C=O) groups is 2. The van der Waals surface area contributed by atoms with Crippen molar-refractivity contribution in [2.45, 2.75) is 6.54 Å². The number of anilines is 2. The van der Waals surface area contributed by atoms with Crippen molar-refractivity contribution < 1.29 is 14.3 Å². The molecule has 0 saturated carbocycles. The molecule has 0 spiro atoms. The number of methoxy groups -OCH3 is 1. The number of nitrogens with one attached hydrogen (secondary N) is 1. The Morgan fingerprint density at radius 1 is 1.04 bits per heavy atom. The lowest BCUT2D eigenvalue weighted by atomic mass is 10.0. The van der Waals surface area contributed by atoms with E-state index in [2.05, 4.69) is 5.32 Å². The molecule has 0 bridgehead atoms. The zero-order valence-corrected chi connectivity index (χ0v) is 15.9. The molecular formula is C22H17ClN2O3. The summed E-state index contributed by atoms with van der Waals surface area (Å²) in [5.41, 5.74) is 2.80. The van der Waals surface area contributed by atoms with Gasteiger partial charge in [0.2, 0.25) is 0 Å². The molecule has 2 amide bonds. The van der Waals surface area contributed by atoms with E-state index >= 15 is 0 Å². The number of benzene rings is 3. The Kier molecular flexibility index (Phi) is 4.75. The van der Waals surface area contributed by atoms with Crippen molar-refractivity contribution in [3.63, 3.8) is 0 Å². The highest BCUT2D eigenvalue weighted by molar-refractivity contribution is 6.34. The molecule has 0 saturated heterocycles. The van der Waals surface area contributed by atoms with Crippen molar-refractivity contribution in [3.8, 4) is 5.75 Å². The van der Waals surface area contributed by atoms with E-state index in [0.717, 1.165) is 5.56 Å². The van der Waals surface area contributed by atoms with Crippen molar-refractivity contribution in [1.29, 1.82) is 0 Å². The summed E-state index contributed by atoms with van der Waals surface area (Å²) in [5.74, 6) is 0.129. The Morgan fingerprint density at radius 3 is 2.50 bits per heavy atom. The molecule has 0 unspecified atom stereocenters. The molecule has 3 aromatic carbocycles. The topological polar surface area (TPSA) is 58.6 Å². The quantitative estimate of drug-likeness (QED) is 0.696. The van der Waals surface area contributed by atoms with Crippen LogP contribution in [0.2, 0.25) is 5.02 Å². The lowest BCUT2D eigenvalue weighted by Crippen LogP contribution is -2.25. The molecule has 0 aromatic heterocycles. The molecule has 5 nitrogen and oxygen atoms in total. The summed E-state index contributed by atoms with van der Waals surface area (Å²) in [6.07, 6.45) is 0. The molecule has 1 aliphatic rings. The van der Waals surface area contributed by atoms with Crippen LogP contribution in [0.3, 0.4) is 0 Å². The van der Waals surface area contributed by atoms with Gasteiger partial charge < -0.3 is 15.0 Å². The predicted octanol–water partition coefficient (Wildman–Crippen LogP) is 4.76. The van der Waals surface area contributed by atoms with E-state index in [1.165, 1.54) is 0 Å². The Hall–Kier alpha value is -3.31. The largest absolute Gasteiger partial charge is 0.497 e. The molecule has 0 radical (unpaired) electrons. The summed E-state index contributed by atoms with van der Waals surface area (Å²) in [6, 6.07) is 19.5. The Labute approximate surface area is 167 Å². The minimum Gasteiger partial charge on any atom is -0.497 e. The summed E-state index contributed by atoms with van der Waals surface area (Å²) in [4.78, 5) is 27.5. The van der Waals surface area contributed by atoms with Gasteiger partial charge in [0.1, 0.15) is 5.75 Å². The van der Waals surface area contributed by atoms with Gasteiger partial charge in [-0.05, 0) is 48.0 Å². The molecular weight excluding hydrogens is 376 g/mol. The standard InChI is InChI=1S/C22H17ClN2O3/c1-28-16-11-9-15(10-12-16)24-21(26)17-6-4-5-14-13-25(22(27)20(14)17)19-8-3-2-7-18(19)23/h2-12H,13H2,1H3,(H,24,26). The third-order valence-electron chi connectivity index (χ3n) is 4.67. The first-order valence-corrected chi connectivity index (χ1v) is 9.10. The van der Waals surface area contributed by atoms with Crippen LogP contribution < -0.4 is 15.0 Å². The minimum atomic E-state index is -0.337. The van der Waals surface area contributed by atoms with E-state index in [9.17, 15) is 9.59 Å². The van der Waals surface area contributed by atoms with Gasteiger partial charge in [0.25, 0.3) is 11.8 Å². The van der Waals surface area contributed by atoms with Crippen molar-refractivity contribution >= 4 is 34.8 Å². The summed E-state index contributed by atoms with van der Waals surface area (Å²) in [6.45, 7) is 0.377. The minimum absolute atomic E-state index is 0.233. The molecule has 0 aliphatic carbocycles. The summed E-state index contributed by atoms with van der Waals surface area (Å²) in [5, 5.41) is 3.33. The van der Waals surface area contributed by atoms with Gasteiger partial charge in [0.15, 0.2) is 0 Å². The SMILES string of the molecule is COc1ccc(NC(=O)c2cccc3c2C(=O)N(c2ccccc2Cl)C3)cc1. The highest BCUT2D eigenvalue weighted by Crippen LogP contribution is 2.34. The number of para-hydroxylation sites is 1. The van der Waals surface area contributed by atoms with Gasteiger partial charge in [-0.25, -0.2) is 0 Å². The number of hydrogen-bond acceptors (Lipinski definition) is 3. The third kappa shape index (κ3) is 3.21. The summed E-state index contributed by atoms with van der Waals surface area (Å²) in [7, 11) is 1.58. The first-order valence-electron chi connectivity index (χ1n) is 8.72. The van der Waals surface area contributed by atoms with Gasteiger partial charge in [-0.15, -0.1) is 0 Å². The van der Waals surface area contributed by atoms with Crippen molar-refractivity contribution in [2.75, 3.05) is 17.3 Å². The molecule has 140 valence electrons. The number of carbonyl (C=O) groups excluding carboxylic acids is 2. The van der Waals surface area contributed by atoms with Gasteiger partial charge in [0.05, 0.1) is 35.5 Å². The number of rotatable bonds is 4. The van der Waals surface area contributed by atoms with E-state index < -0.39 is 0 Å². The van der Waals surface area contributed by atoms with Crippen LogP contribution in [0, 0.1) is 0 Å². The fraction of sp³-hybridized carbons (Fsp3) is 0.0909. The van der Waals surface area contributed by atoms with Crippen LogP contribution in [0.25, 0.3) is 0 Å². The van der Waals surface area contributed by atoms with Crippen LogP contribution in [-0.4, -0.2) is 18.9 Å². The highest BCUT2D eigenvalue weighted by atomic mass is 35.5. The van der Waals surface area contributed by atoms with Crippen LogP contribution in [0.1, 0.15) is 26.3 Å². The Bertz CT molecular complexity index is 1060. The van der Waals surface area contributed by atoms with Crippen LogP contribution in [0.15, 0.2) is 66.7 Å². The molecule has 0 atom stereocenters. The van der Waals surface area contributed by atoms with Crippen molar-refractivity contribution in [3.05, 3.63) is 88.4 Å². The van der Waals surface area contributed by atoms with Crippen LogP contribution in [0.4, 0.5) is 11.4 Å². The first-order chi connectivity index (χ1) is 13.6. The lowest BCUT2D eigenvalue weighted by molar-refractivity contribution is 0.0976. The fourth-order valence-electron chi connectivity index (χ4n) is 3.29. The second-order valence-electron chi connectivity index (χ2n) is 6.37. The van der Waals surface area contributed by atoms with Crippen LogP contribution in [-0.2, 0) is 6.54 Å². The van der Waals surface area contributed by atoms with Gasteiger partial charge in [-0.3, -0.25) is 9.59 Å². The maximum absolute atomic E-state index is 13.1. The van der Waals surface area contributed by atoms with Gasteiger partial charge >= 0.3 is 0 Å². The monoisotopic (exact) mass is 392 g/mol. The first kappa shape index (κ1) is 18.1. The number of ether oxygens (including phenoxy) is 1. The van der Waals surface area contributed by atoms with E-state index in [4.69, 9.17) is 16.3 Å². The second kappa shape index (κ2) is 7.37. The zero-order valence-electron chi connectivity index (χ0n) is 15.1. The molecule has 6 heteroatoms. The molecule has 3 aromatic rings. The highest BCUT2D eigenvalue weighted by Gasteiger charge is 2.33. The van der Waals surface area contributed by atoms with E-state index in [1.54, 1.807) is 60.5 Å². The molecule has 4 rings (SSSR count). The maximum Gasteiger partial charge on any atom is 0.259 e. The van der Waals surface area contributed by atoms with Crippen molar-refractivity contribution in [2.24, 2.45) is 0 Å². The zero-order chi connectivity index (χ0) is 19.7. The summed E-state index contributed by atoms with van der Waals surface area (Å²) < 4.78 is 5.12. The normalized spacial score (nSPS) is 12.6.